The molecule has 1 saturated heterocycles. The summed E-state index contributed by atoms with van der Waals surface area (Å²) in [6.07, 6.45) is 9.13. The molecule has 3 heterocycles. The number of nitrogens with zero attached hydrogens (tertiary/aromatic N) is 4. The number of aryl methyl sites for hydroxylation is 3. The molecule has 0 aliphatic carbocycles. The van der Waals surface area contributed by atoms with Crippen LogP contribution in [0.15, 0.2) is 48.9 Å². The number of imidazole rings is 2. The van der Waals surface area contributed by atoms with E-state index in [2.05, 4.69) is 71.1 Å². The molecule has 1 atom stereocenters. The lowest BCUT2D eigenvalue weighted by Crippen LogP contribution is -2.44. The van der Waals surface area contributed by atoms with Crippen molar-refractivity contribution in [2.45, 2.75) is 57.6 Å². The highest BCUT2D eigenvalue weighted by molar-refractivity contribution is 5.49. The Bertz CT molecular complexity index is 921. The predicted octanol–water partition coefficient (Wildman–Crippen LogP) is 4.51. The lowest BCUT2D eigenvalue weighted by Gasteiger charge is -2.45. The van der Waals surface area contributed by atoms with Gasteiger partial charge in [0.1, 0.15) is 11.5 Å². The van der Waals surface area contributed by atoms with E-state index < -0.39 is 0 Å². The Kier molecular flexibility index (Phi) is 4.88. The van der Waals surface area contributed by atoms with Crippen molar-refractivity contribution in [1.82, 2.24) is 19.1 Å². The number of aromatic nitrogens is 4. The van der Waals surface area contributed by atoms with Crippen LogP contribution >= 0.6 is 0 Å². The average molecular weight is 379 g/mol. The van der Waals surface area contributed by atoms with Gasteiger partial charge in [0.2, 0.25) is 0 Å². The van der Waals surface area contributed by atoms with Gasteiger partial charge in [0, 0.05) is 44.2 Å². The molecule has 1 aliphatic heterocycles. The number of hydrogen-bond acceptors (Lipinski definition) is 3. The lowest BCUT2D eigenvalue weighted by atomic mass is 9.67. The standard InChI is InChI=1S/C23H30N4O/c1-18-25-20(16-26(18)4)21-24-12-14-27(21)13-10-23(19-8-6-5-7-9-19)11-15-28-22(2,3)17-23/h5-9,12,14,16H,10-11,13,15,17H2,1-4H3. The minimum atomic E-state index is -0.107. The van der Waals surface area contributed by atoms with E-state index in [0.717, 1.165) is 49.8 Å². The van der Waals surface area contributed by atoms with Crippen LogP contribution in [0.4, 0.5) is 0 Å². The molecule has 0 saturated carbocycles. The van der Waals surface area contributed by atoms with E-state index in [1.165, 1.54) is 5.56 Å². The fourth-order valence-electron chi connectivity index (χ4n) is 4.60. The molecule has 1 fully saturated rings. The maximum absolute atomic E-state index is 6.06. The van der Waals surface area contributed by atoms with Crippen molar-refractivity contribution in [2.75, 3.05) is 6.61 Å². The first-order valence-corrected chi connectivity index (χ1v) is 10.1. The average Bonchev–Trinajstić information content (AvgIpc) is 3.26. The SMILES string of the molecule is Cc1nc(-c2nccn2CCC2(c3ccccc3)CCOC(C)(C)C2)cn1C. The Morgan fingerprint density at radius 2 is 1.96 bits per heavy atom. The van der Waals surface area contributed by atoms with Crippen LogP contribution in [0.1, 0.15) is 44.5 Å². The van der Waals surface area contributed by atoms with Gasteiger partial charge in [-0.2, -0.15) is 0 Å². The van der Waals surface area contributed by atoms with Crippen LogP contribution < -0.4 is 0 Å². The molecule has 0 spiro atoms. The van der Waals surface area contributed by atoms with E-state index in [-0.39, 0.29) is 11.0 Å². The van der Waals surface area contributed by atoms with Crippen molar-refractivity contribution < 1.29 is 4.74 Å². The predicted molar refractivity (Wildman–Crippen MR) is 111 cm³/mol. The van der Waals surface area contributed by atoms with Crippen LogP contribution in [0, 0.1) is 6.92 Å². The van der Waals surface area contributed by atoms with E-state index >= 15 is 0 Å². The summed E-state index contributed by atoms with van der Waals surface area (Å²) in [6, 6.07) is 11.0. The zero-order valence-electron chi connectivity index (χ0n) is 17.4. The smallest absolute Gasteiger partial charge is 0.160 e. The second kappa shape index (κ2) is 7.21. The van der Waals surface area contributed by atoms with Crippen LogP contribution in [-0.4, -0.2) is 31.3 Å². The minimum Gasteiger partial charge on any atom is -0.376 e. The van der Waals surface area contributed by atoms with E-state index in [1.807, 2.05) is 24.7 Å². The van der Waals surface area contributed by atoms with Crippen molar-refractivity contribution in [3.8, 4) is 11.5 Å². The fourth-order valence-corrected chi connectivity index (χ4v) is 4.60. The summed E-state index contributed by atoms with van der Waals surface area (Å²) in [5.74, 6) is 1.94. The maximum atomic E-state index is 6.06. The summed E-state index contributed by atoms with van der Waals surface area (Å²) >= 11 is 0. The number of ether oxygens (including phenoxy) is 1. The Balaban J connectivity index is 1.62. The molecule has 5 nitrogen and oxygen atoms in total. The minimum absolute atomic E-state index is 0.107. The molecule has 2 aromatic heterocycles. The Labute approximate surface area is 167 Å². The molecule has 3 aromatic rings. The van der Waals surface area contributed by atoms with Crippen LogP contribution in [0.5, 0.6) is 0 Å². The van der Waals surface area contributed by atoms with Gasteiger partial charge in [0.15, 0.2) is 5.82 Å². The molecule has 1 aliphatic rings. The molecule has 148 valence electrons. The quantitative estimate of drug-likeness (QED) is 0.656. The number of hydrogen-bond donors (Lipinski definition) is 0. The highest BCUT2D eigenvalue weighted by atomic mass is 16.5. The highest BCUT2D eigenvalue weighted by Gasteiger charge is 2.41. The molecule has 28 heavy (non-hydrogen) atoms. The second-order valence-corrected chi connectivity index (χ2v) is 8.66. The summed E-state index contributed by atoms with van der Waals surface area (Å²) in [4.78, 5) is 9.26. The van der Waals surface area contributed by atoms with Gasteiger partial charge in [0.05, 0.1) is 5.60 Å². The van der Waals surface area contributed by atoms with Crippen molar-refractivity contribution in [1.29, 1.82) is 0 Å². The third-order valence-electron chi connectivity index (χ3n) is 6.11. The van der Waals surface area contributed by atoms with Crippen LogP contribution in [0.2, 0.25) is 0 Å². The summed E-state index contributed by atoms with van der Waals surface area (Å²) in [7, 11) is 2.02. The molecule has 1 aromatic carbocycles. The summed E-state index contributed by atoms with van der Waals surface area (Å²) in [6.45, 7) is 8.16. The molecule has 4 rings (SSSR count). The van der Waals surface area contributed by atoms with Gasteiger partial charge in [-0.1, -0.05) is 30.3 Å². The molecule has 0 radical (unpaired) electrons. The third kappa shape index (κ3) is 3.63. The Hall–Kier alpha value is -2.40. The largest absolute Gasteiger partial charge is 0.376 e. The molecule has 5 heteroatoms. The van der Waals surface area contributed by atoms with Gasteiger partial charge in [-0.25, -0.2) is 9.97 Å². The summed E-state index contributed by atoms with van der Waals surface area (Å²) in [5, 5.41) is 0. The van der Waals surface area contributed by atoms with Crippen molar-refractivity contribution in [3.63, 3.8) is 0 Å². The molecule has 1 unspecified atom stereocenters. The lowest BCUT2D eigenvalue weighted by molar-refractivity contribution is -0.0848. The van der Waals surface area contributed by atoms with Crippen molar-refractivity contribution >= 4 is 0 Å². The highest BCUT2D eigenvalue weighted by Crippen LogP contribution is 2.44. The zero-order valence-corrected chi connectivity index (χ0v) is 17.4. The second-order valence-electron chi connectivity index (χ2n) is 8.66. The van der Waals surface area contributed by atoms with Crippen LogP contribution in [0.3, 0.4) is 0 Å². The topological polar surface area (TPSA) is 44.9 Å². The first-order chi connectivity index (χ1) is 13.4. The Morgan fingerprint density at radius 1 is 1.18 bits per heavy atom. The van der Waals surface area contributed by atoms with E-state index in [1.54, 1.807) is 0 Å². The van der Waals surface area contributed by atoms with E-state index in [0.29, 0.717) is 0 Å². The normalized spacial score (nSPS) is 21.7. The van der Waals surface area contributed by atoms with E-state index in [4.69, 9.17) is 4.74 Å². The van der Waals surface area contributed by atoms with Crippen LogP contribution in [-0.2, 0) is 23.7 Å². The van der Waals surface area contributed by atoms with Gasteiger partial charge in [-0.3, -0.25) is 0 Å². The first-order valence-electron chi connectivity index (χ1n) is 10.1. The van der Waals surface area contributed by atoms with Gasteiger partial charge in [-0.15, -0.1) is 0 Å². The molecular formula is C23H30N4O. The van der Waals surface area contributed by atoms with Crippen molar-refractivity contribution in [3.05, 3.63) is 60.3 Å². The Morgan fingerprint density at radius 3 is 2.64 bits per heavy atom. The zero-order chi connectivity index (χ0) is 19.8. The van der Waals surface area contributed by atoms with Crippen molar-refractivity contribution in [2.24, 2.45) is 7.05 Å². The molecular weight excluding hydrogens is 348 g/mol. The number of benzene rings is 1. The van der Waals surface area contributed by atoms with E-state index in [9.17, 15) is 0 Å². The van der Waals surface area contributed by atoms with Gasteiger partial charge in [0.25, 0.3) is 0 Å². The first kappa shape index (κ1) is 18.9. The fraction of sp³-hybridized carbons (Fsp3) is 0.478. The molecule has 0 amide bonds. The molecule has 0 bridgehead atoms. The number of rotatable bonds is 5. The monoisotopic (exact) mass is 378 g/mol. The summed E-state index contributed by atoms with van der Waals surface area (Å²) in [5.41, 5.74) is 2.36. The maximum Gasteiger partial charge on any atom is 0.160 e. The third-order valence-corrected chi connectivity index (χ3v) is 6.11. The van der Waals surface area contributed by atoms with Crippen LogP contribution in [0.25, 0.3) is 11.5 Å². The van der Waals surface area contributed by atoms with Gasteiger partial charge in [-0.05, 0) is 45.6 Å². The summed E-state index contributed by atoms with van der Waals surface area (Å²) < 4.78 is 10.3. The van der Waals surface area contributed by atoms with Gasteiger partial charge >= 0.3 is 0 Å². The van der Waals surface area contributed by atoms with Gasteiger partial charge < -0.3 is 13.9 Å². The molecule has 0 N–H and O–H groups in total.